The van der Waals surface area contributed by atoms with Crippen LogP contribution in [-0.4, -0.2) is 72.4 Å². The lowest BCUT2D eigenvalue weighted by molar-refractivity contribution is -0.162. The Kier molecular flexibility index (Phi) is 10.5. The number of carbonyl (C=O) groups excluding carboxylic acids is 1. The fourth-order valence-electron chi connectivity index (χ4n) is 5.71. The van der Waals surface area contributed by atoms with E-state index < -0.39 is 27.3 Å². The van der Waals surface area contributed by atoms with E-state index in [1.807, 2.05) is 37.0 Å². The molecule has 2 heterocycles. The van der Waals surface area contributed by atoms with Gasteiger partial charge in [0, 0.05) is 41.6 Å². The van der Waals surface area contributed by atoms with Crippen LogP contribution in [0.4, 0.5) is 0 Å². The third kappa shape index (κ3) is 7.75. The summed E-state index contributed by atoms with van der Waals surface area (Å²) in [6.45, 7) is 11.2. The van der Waals surface area contributed by atoms with Gasteiger partial charge in [-0.05, 0) is 55.2 Å². The number of rotatable bonds is 10. The van der Waals surface area contributed by atoms with Gasteiger partial charge in [0.15, 0.2) is 9.84 Å². The second-order valence-corrected chi connectivity index (χ2v) is 13.9. The molecule has 0 bridgehead atoms. The van der Waals surface area contributed by atoms with Gasteiger partial charge in [0.25, 0.3) is 0 Å². The van der Waals surface area contributed by atoms with Gasteiger partial charge in [0.1, 0.15) is 0 Å². The number of benzene rings is 1. The van der Waals surface area contributed by atoms with Crippen molar-refractivity contribution in [2.24, 2.45) is 11.3 Å². The number of hydrogen-bond donors (Lipinski definition) is 1. The third-order valence-corrected chi connectivity index (χ3v) is 9.85. The number of hydrogen-bond acceptors (Lipinski definition) is 5. The lowest BCUT2D eigenvalue weighted by Crippen LogP contribution is -2.59. The van der Waals surface area contributed by atoms with Gasteiger partial charge in [-0.1, -0.05) is 61.8 Å². The molecule has 10 heteroatoms. The molecule has 1 aromatic rings. The maximum Gasteiger partial charge on any atom is 0.304 e. The van der Waals surface area contributed by atoms with Gasteiger partial charge < -0.3 is 10.0 Å². The standard InChI is InChI=1S/C29H38Cl2N2O5S/c1-5-7-23(31)16-20(3)25-17-29(4,18-26(34)35)28(36)33(27(25)21-8-10-22(30)11-9-21)24(6-2)19-32-12-14-39(37,38)15-13-32/h5,7-11,16,24-25,27H,3,6,12-15,17-19H2,1-2,4H3,(H,34,35)/b7-5-,23-16+/t24-,25+,27+,29+/m0/s1. The van der Waals surface area contributed by atoms with E-state index in [4.69, 9.17) is 23.2 Å². The minimum Gasteiger partial charge on any atom is -0.481 e. The summed E-state index contributed by atoms with van der Waals surface area (Å²) in [5.74, 6) is -1.42. The summed E-state index contributed by atoms with van der Waals surface area (Å²) in [5, 5.41) is 10.8. The molecule has 2 aliphatic rings. The Morgan fingerprint density at radius 3 is 2.41 bits per heavy atom. The number of likely N-dealkylation sites (tertiary alicyclic amines) is 1. The van der Waals surface area contributed by atoms with E-state index in [0.29, 0.717) is 41.7 Å². The molecule has 0 aliphatic carbocycles. The summed E-state index contributed by atoms with van der Waals surface area (Å²) in [5.41, 5.74) is 0.402. The summed E-state index contributed by atoms with van der Waals surface area (Å²) >= 11 is 12.6. The van der Waals surface area contributed by atoms with Crippen LogP contribution in [0.5, 0.6) is 0 Å². The Morgan fingerprint density at radius 1 is 1.26 bits per heavy atom. The minimum absolute atomic E-state index is 0.0857. The number of amides is 1. The zero-order valence-corrected chi connectivity index (χ0v) is 25.1. The van der Waals surface area contributed by atoms with Crippen LogP contribution in [0.2, 0.25) is 5.02 Å². The average molecular weight is 598 g/mol. The molecular formula is C29H38Cl2N2O5S. The monoisotopic (exact) mass is 596 g/mol. The van der Waals surface area contributed by atoms with Crippen molar-refractivity contribution in [2.45, 2.75) is 52.1 Å². The molecule has 1 aromatic carbocycles. The lowest BCUT2D eigenvalue weighted by Gasteiger charge is -2.52. The highest BCUT2D eigenvalue weighted by Crippen LogP contribution is 2.50. The summed E-state index contributed by atoms with van der Waals surface area (Å²) < 4.78 is 24.0. The zero-order valence-electron chi connectivity index (χ0n) is 22.8. The van der Waals surface area contributed by atoms with Crippen molar-refractivity contribution in [1.82, 2.24) is 9.80 Å². The second kappa shape index (κ2) is 13.0. The van der Waals surface area contributed by atoms with Gasteiger partial charge in [-0.15, -0.1) is 0 Å². The van der Waals surface area contributed by atoms with E-state index in [0.717, 1.165) is 5.56 Å². The number of carbonyl (C=O) groups is 2. The van der Waals surface area contributed by atoms with E-state index in [1.54, 1.807) is 31.2 Å². The number of piperidine rings is 1. The lowest BCUT2D eigenvalue weighted by atomic mass is 9.67. The maximum atomic E-state index is 14.3. The van der Waals surface area contributed by atoms with Crippen LogP contribution in [0.25, 0.3) is 0 Å². The highest BCUT2D eigenvalue weighted by Gasteiger charge is 2.52. The van der Waals surface area contributed by atoms with Crippen molar-refractivity contribution in [2.75, 3.05) is 31.1 Å². The molecule has 3 rings (SSSR count). The van der Waals surface area contributed by atoms with Crippen LogP contribution < -0.4 is 0 Å². The summed E-state index contributed by atoms with van der Waals surface area (Å²) in [4.78, 5) is 30.2. The van der Waals surface area contributed by atoms with Crippen LogP contribution in [0, 0.1) is 11.3 Å². The highest BCUT2D eigenvalue weighted by molar-refractivity contribution is 7.91. The first-order valence-corrected chi connectivity index (χ1v) is 15.8. The topological polar surface area (TPSA) is 95.0 Å². The molecule has 39 heavy (non-hydrogen) atoms. The molecule has 0 radical (unpaired) electrons. The zero-order chi connectivity index (χ0) is 29.0. The number of sulfone groups is 1. The largest absolute Gasteiger partial charge is 0.481 e. The van der Waals surface area contributed by atoms with Gasteiger partial charge in [-0.25, -0.2) is 8.42 Å². The fourth-order valence-corrected chi connectivity index (χ4v) is 7.38. The number of halogens is 2. The molecule has 0 aromatic heterocycles. The first-order valence-electron chi connectivity index (χ1n) is 13.2. The number of carboxylic acids is 1. The minimum atomic E-state index is -3.06. The molecule has 0 unspecified atom stereocenters. The van der Waals surface area contributed by atoms with Gasteiger partial charge in [-0.3, -0.25) is 14.5 Å². The molecule has 0 spiro atoms. The molecule has 1 N–H and O–H groups in total. The van der Waals surface area contributed by atoms with Crippen LogP contribution in [-0.2, 0) is 19.4 Å². The predicted octanol–water partition coefficient (Wildman–Crippen LogP) is 5.47. The van der Waals surface area contributed by atoms with Gasteiger partial charge in [-0.2, -0.15) is 0 Å². The van der Waals surface area contributed by atoms with Crippen LogP contribution in [0.3, 0.4) is 0 Å². The Balaban J connectivity index is 2.13. The van der Waals surface area contributed by atoms with E-state index in [1.165, 1.54) is 0 Å². The first-order chi connectivity index (χ1) is 18.3. The fraction of sp³-hybridized carbons (Fsp3) is 0.517. The van der Waals surface area contributed by atoms with Crippen LogP contribution in [0.1, 0.15) is 51.6 Å². The number of allylic oxidation sites excluding steroid dienone is 4. The molecule has 1 amide bonds. The predicted molar refractivity (Wildman–Crippen MR) is 157 cm³/mol. The SMILES string of the molecule is C=C(/C=C(Cl)\C=C/C)[C@H]1C[C@](C)(CC(=O)O)C(=O)N([C@@H](CC)CN2CCS(=O)(=O)CC2)[C@@H]1c1ccc(Cl)cc1. The summed E-state index contributed by atoms with van der Waals surface area (Å²) in [6, 6.07) is 6.63. The third-order valence-electron chi connectivity index (χ3n) is 7.75. The van der Waals surface area contributed by atoms with Gasteiger partial charge in [0.2, 0.25) is 5.91 Å². The Hall–Kier alpha value is -2.13. The molecule has 4 atom stereocenters. The van der Waals surface area contributed by atoms with E-state index in [9.17, 15) is 23.1 Å². The quantitative estimate of drug-likeness (QED) is 0.360. The van der Waals surface area contributed by atoms with Gasteiger partial charge in [0.05, 0.1) is 29.4 Å². The summed E-state index contributed by atoms with van der Waals surface area (Å²) in [6.07, 6.45) is 5.93. The van der Waals surface area contributed by atoms with Gasteiger partial charge >= 0.3 is 5.97 Å². The van der Waals surface area contributed by atoms with Crippen molar-refractivity contribution in [3.8, 4) is 0 Å². The van der Waals surface area contributed by atoms with Crippen LogP contribution >= 0.6 is 23.2 Å². The highest BCUT2D eigenvalue weighted by atomic mass is 35.5. The Bertz CT molecular complexity index is 1230. The normalized spacial score (nSPS) is 27.1. The molecule has 2 fully saturated rings. The molecule has 2 aliphatic heterocycles. The van der Waals surface area contributed by atoms with Crippen molar-refractivity contribution in [3.05, 3.63) is 70.3 Å². The Morgan fingerprint density at radius 2 is 1.87 bits per heavy atom. The van der Waals surface area contributed by atoms with Crippen molar-refractivity contribution < 1.29 is 23.1 Å². The van der Waals surface area contributed by atoms with E-state index >= 15 is 0 Å². The second-order valence-electron chi connectivity index (χ2n) is 10.8. The van der Waals surface area contributed by atoms with Crippen molar-refractivity contribution in [1.29, 1.82) is 0 Å². The number of carboxylic acid groups (broad SMARTS) is 1. The molecule has 7 nitrogen and oxygen atoms in total. The first kappa shape index (κ1) is 31.4. The van der Waals surface area contributed by atoms with E-state index in [2.05, 4.69) is 11.5 Å². The molecule has 214 valence electrons. The number of aliphatic carboxylic acids is 1. The molecular weight excluding hydrogens is 559 g/mol. The van der Waals surface area contributed by atoms with Crippen LogP contribution in [0.15, 0.2) is 59.7 Å². The molecule has 2 saturated heterocycles. The maximum absolute atomic E-state index is 14.3. The van der Waals surface area contributed by atoms with E-state index in [-0.39, 0.29) is 42.2 Å². The average Bonchev–Trinajstić information content (AvgIpc) is 2.85. The molecule has 0 saturated carbocycles. The smallest absolute Gasteiger partial charge is 0.304 e. The summed E-state index contributed by atoms with van der Waals surface area (Å²) in [7, 11) is -3.06. The van der Waals surface area contributed by atoms with Crippen molar-refractivity contribution in [3.63, 3.8) is 0 Å². The number of nitrogens with zero attached hydrogens (tertiary/aromatic N) is 2. The van der Waals surface area contributed by atoms with Crippen molar-refractivity contribution >= 4 is 44.9 Å². The Labute approximate surface area is 242 Å².